The largest absolute Gasteiger partial charge is 0.497 e. The van der Waals surface area contributed by atoms with Gasteiger partial charge in [-0.1, -0.05) is 55.8 Å². The van der Waals surface area contributed by atoms with Gasteiger partial charge in [0, 0.05) is 32.6 Å². The molecule has 2 unspecified atom stereocenters. The van der Waals surface area contributed by atoms with Crippen molar-refractivity contribution in [2.24, 2.45) is 0 Å². The average Bonchev–Trinajstić information content (AvgIpc) is 3.14. The van der Waals surface area contributed by atoms with Gasteiger partial charge in [-0.15, -0.1) is 0 Å². The first kappa shape index (κ1) is 25.8. The van der Waals surface area contributed by atoms with Gasteiger partial charge in [0.1, 0.15) is 5.75 Å². The third-order valence-corrected chi connectivity index (χ3v) is 6.69. The Balaban J connectivity index is 1.49. The van der Waals surface area contributed by atoms with Gasteiger partial charge in [-0.3, -0.25) is 14.5 Å². The molecule has 2 aromatic carbocycles. The summed E-state index contributed by atoms with van der Waals surface area (Å²) in [5.74, 6) is 1.06. The lowest BCUT2D eigenvalue weighted by molar-refractivity contribution is -0.131. The number of hydrogen-bond donors (Lipinski definition) is 1. The summed E-state index contributed by atoms with van der Waals surface area (Å²) in [6.45, 7) is 7.06. The van der Waals surface area contributed by atoms with E-state index >= 15 is 0 Å². The second-order valence-corrected chi connectivity index (χ2v) is 9.05. The Morgan fingerprint density at radius 3 is 2.41 bits per heavy atom. The monoisotopic (exact) mass is 465 g/mol. The molecule has 34 heavy (non-hydrogen) atoms. The highest BCUT2D eigenvalue weighted by atomic mass is 16.5. The smallest absolute Gasteiger partial charge is 0.237 e. The molecule has 6 heteroatoms. The van der Waals surface area contributed by atoms with E-state index in [1.165, 1.54) is 0 Å². The van der Waals surface area contributed by atoms with Gasteiger partial charge >= 0.3 is 0 Å². The zero-order chi connectivity index (χ0) is 24.3. The molecule has 1 aliphatic rings. The molecule has 6 nitrogen and oxygen atoms in total. The van der Waals surface area contributed by atoms with Crippen molar-refractivity contribution < 1.29 is 14.3 Å². The lowest BCUT2D eigenvalue weighted by Crippen LogP contribution is -2.47. The molecule has 184 valence electrons. The molecule has 0 spiro atoms. The summed E-state index contributed by atoms with van der Waals surface area (Å²) >= 11 is 0. The Morgan fingerprint density at radius 2 is 1.74 bits per heavy atom. The molecule has 0 radical (unpaired) electrons. The third-order valence-electron chi connectivity index (χ3n) is 6.69. The van der Waals surface area contributed by atoms with Gasteiger partial charge in [-0.05, 0) is 49.4 Å². The molecule has 3 rings (SSSR count). The van der Waals surface area contributed by atoms with E-state index < -0.39 is 0 Å². The quantitative estimate of drug-likeness (QED) is 0.571. The molecule has 0 aromatic heterocycles. The number of ether oxygens (including phenoxy) is 1. The molecule has 1 N–H and O–H groups in total. The molecule has 0 aliphatic carbocycles. The molecule has 0 saturated carbocycles. The van der Waals surface area contributed by atoms with Crippen molar-refractivity contribution >= 4 is 11.8 Å². The number of rotatable bonds is 10. The van der Waals surface area contributed by atoms with Crippen molar-refractivity contribution in [2.75, 3.05) is 33.3 Å². The Morgan fingerprint density at radius 1 is 1.00 bits per heavy atom. The lowest BCUT2D eigenvalue weighted by atomic mass is 10.0. The topological polar surface area (TPSA) is 61.9 Å². The normalized spacial score (nSPS) is 16.4. The maximum absolute atomic E-state index is 13.1. The fourth-order valence-electron chi connectivity index (χ4n) is 4.53. The van der Waals surface area contributed by atoms with Crippen LogP contribution in [-0.4, -0.2) is 60.9 Å². The number of nitrogens with zero attached hydrogens (tertiary/aromatic N) is 2. The van der Waals surface area contributed by atoms with Crippen LogP contribution in [0, 0.1) is 0 Å². The Bertz CT molecular complexity index is 901. The number of aryl methyl sites for hydroxylation is 1. The van der Waals surface area contributed by atoms with Gasteiger partial charge in [-0.2, -0.15) is 0 Å². The number of methoxy groups -OCH3 is 1. The molecule has 2 atom stereocenters. The van der Waals surface area contributed by atoms with E-state index in [0.717, 1.165) is 55.6 Å². The maximum Gasteiger partial charge on any atom is 0.237 e. The molecular formula is C28H39N3O3. The van der Waals surface area contributed by atoms with Crippen molar-refractivity contribution in [3.63, 3.8) is 0 Å². The van der Waals surface area contributed by atoms with Crippen molar-refractivity contribution in [2.45, 2.75) is 58.0 Å². The van der Waals surface area contributed by atoms with Crippen molar-refractivity contribution in [1.29, 1.82) is 0 Å². The van der Waals surface area contributed by atoms with Crippen LogP contribution in [0.5, 0.6) is 5.75 Å². The fourth-order valence-corrected chi connectivity index (χ4v) is 4.53. The van der Waals surface area contributed by atoms with Crippen molar-refractivity contribution in [1.82, 2.24) is 15.1 Å². The van der Waals surface area contributed by atoms with Crippen LogP contribution in [0.1, 0.15) is 56.7 Å². The highest BCUT2D eigenvalue weighted by molar-refractivity contribution is 5.82. The SMILES string of the molecule is CCCC(NC(=O)C(C)N1CCCN(C(=O)CCc2ccc(OC)cc2)CC1)c1ccccc1. The standard InChI is InChI=1S/C28H39N3O3/c1-4-9-26(24-10-6-5-7-11-24)29-28(33)22(2)30-18-8-19-31(21-20-30)27(32)17-14-23-12-15-25(34-3)16-13-23/h5-7,10-13,15-16,22,26H,4,8-9,14,17-21H2,1-3H3,(H,29,33). The summed E-state index contributed by atoms with van der Waals surface area (Å²) in [4.78, 5) is 30.1. The number of carbonyl (C=O) groups excluding carboxylic acids is 2. The lowest BCUT2D eigenvalue weighted by Gasteiger charge is -2.29. The van der Waals surface area contributed by atoms with Crippen molar-refractivity contribution in [3.05, 3.63) is 65.7 Å². The van der Waals surface area contributed by atoms with Crippen LogP contribution < -0.4 is 10.1 Å². The van der Waals surface area contributed by atoms with Crippen LogP contribution in [0.3, 0.4) is 0 Å². The Labute approximate surface area is 204 Å². The van der Waals surface area contributed by atoms with Crippen LogP contribution in [0.25, 0.3) is 0 Å². The second-order valence-electron chi connectivity index (χ2n) is 9.05. The second kappa shape index (κ2) is 13.1. The van der Waals surface area contributed by atoms with E-state index in [9.17, 15) is 9.59 Å². The first-order chi connectivity index (χ1) is 16.5. The fraction of sp³-hybridized carbons (Fsp3) is 0.500. The number of hydrogen-bond acceptors (Lipinski definition) is 4. The summed E-state index contributed by atoms with van der Waals surface area (Å²) < 4.78 is 5.20. The van der Waals surface area contributed by atoms with Crippen LogP contribution in [0.15, 0.2) is 54.6 Å². The zero-order valence-corrected chi connectivity index (χ0v) is 20.8. The van der Waals surface area contributed by atoms with E-state index in [0.29, 0.717) is 19.5 Å². The average molecular weight is 466 g/mol. The van der Waals surface area contributed by atoms with Crippen LogP contribution in [-0.2, 0) is 16.0 Å². The van der Waals surface area contributed by atoms with Crippen LogP contribution in [0.2, 0.25) is 0 Å². The van der Waals surface area contributed by atoms with E-state index in [4.69, 9.17) is 4.74 Å². The van der Waals surface area contributed by atoms with Crippen LogP contribution >= 0.6 is 0 Å². The first-order valence-electron chi connectivity index (χ1n) is 12.5. The van der Waals surface area contributed by atoms with Gasteiger partial charge in [0.15, 0.2) is 0 Å². The molecule has 2 aromatic rings. The van der Waals surface area contributed by atoms with E-state index in [1.54, 1.807) is 7.11 Å². The molecule has 0 bridgehead atoms. The first-order valence-corrected chi connectivity index (χ1v) is 12.5. The predicted molar refractivity (Wildman–Crippen MR) is 136 cm³/mol. The summed E-state index contributed by atoms with van der Waals surface area (Å²) in [6.07, 6.45) is 4.02. The van der Waals surface area contributed by atoms with Gasteiger partial charge in [-0.25, -0.2) is 0 Å². The third kappa shape index (κ3) is 7.32. The van der Waals surface area contributed by atoms with Gasteiger partial charge in [0.2, 0.25) is 11.8 Å². The van der Waals surface area contributed by atoms with Crippen LogP contribution in [0.4, 0.5) is 0 Å². The van der Waals surface area contributed by atoms with Gasteiger partial charge in [0.05, 0.1) is 19.2 Å². The summed E-state index contributed by atoms with van der Waals surface area (Å²) in [5.41, 5.74) is 2.28. The van der Waals surface area contributed by atoms with E-state index in [-0.39, 0.29) is 23.9 Å². The molecule has 1 heterocycles. The van der Waals surface area contributed by atoms with Gasteiger partial charge < -0.3 is 15.0 Å². The maximum atomic E-state index is 13.1. The Kier molecular flexibility index (Phi) is 9.95. The molecule has 2 amide bonds. The minimum atomic E-state index is -0.225. The summed E-state index contributed by atoms with van der Waals surface area (Å²) in [5, 5.41) is 3.26. The molecular weight excluding hydrogens is 426 g/mol. The number of nitrogens with one attached hydrogen (secondary N) is 1. The summed E-state index contributed by atoms with van der Waals surface area (Å²) in [6, 6.07) is 17.9. The minimum Gasteiger partial charge on any atom is -0.497 e. The summed E-state index contributed by atoms with van der Waals surface area (Å²) in [7, 11) is 1.65. The molecule has 1 aliphatic heterocycles. The van der Waals surface area contributed by atoms with Crippen molar-refractivity contribution in [3.8, 4) is 5.75 Å². The van der Waals surface area contributed by atoms with E-state index in [1.807, 2.05) is 54.3 Å². The highest BCUT2D eigenvalue weighted by Crippen LogP contribution is 2.19. The van der Waals surface area contributed by atoms with E-state index in [2.05, 4.69) is 29.3 Å². The predicted octanol–water partition coefficient (Wildman–Crippen LogP) is 4.21. The minimum absolute atomic E-state index is 0.0316. The zero-order valence-electron chi connectivity index (χ0n) is 20.8. The number of carbonyl (C=O) groups is 2. The molecule has 1 fully saturated rings. The Hall–Kier alpha value is -2.86. The van der Waals surface area contributed by atoms with Gasteiger partial charge in [0.25, 0.3) is 0 Å². The molecule has 1 saturated heterocycles. The number of amides is 2. The highest BCUT2D eigenvalue weighted by Gasteiger charge is 2.27. The number of benzene rings is 2.